The summed E-state index contributed by atoms with van der Waals surface area (Å²) in [4.78, 5) is 2.08. The van der Waals surface area contributed by atoms with Crippen molar-refractivity contribution in [2.45, 2.75) is 38.5 Å². The Balaban J connectivity index is 2.33. The van der Waals surface area contributed by atoms with E-state index in [0.29, 0.717) is 12.6 Å². The topological polar surface area (TPSA) is 12.5 Å². The molecule has 72 valence electrons. The zero-order chi connectivity index (χ0) is 9.14. The van der Waals surface area contributed by atoms with Crippen molar-refractivity contribution in [2.24, 2.45) is 0 Å². The van der Waals surface area contributed by atoms with E-state index >= 15 is 0 Å². The minimum Gasteiger partial charge on any atom is -0.318 e. The predicted molar refractivity (Wildman–Crippen MR) is 42.2 cm³/mol. The summed E-state index contributed by atoms with van der Waals surface area (Å²) in [7, 11) is 1.95. The van der Waals surface area contributed by atoms with Crippen molar-refractivity contribution in [3.05, 3.63) is 0 Å². The van der Waals surface area contributed by atoms with Gasteiger partial charge in [0.1, 0.15) is 0 Å². The van der Waals surface area contributed by atoms with Gasteiger partial charge in [-0.1, -0.05) is 6.92 Å². The summed E-state index contributed by atoms with van der Waals surface area (Å²) in [6, 6.07) is 0.411. The molecule has 0 bridgehead atoms. The average molecular weight is 179 g/mol. The van der Waals surface area contributed by atoms with Crippen LogP contribution in [0.25, 0.3) is 0 Å². The fraction of sp³-hybridized carbons (Fsp3) is 1.00. The second-order valence-corrected chi connectivity index (χ2v) is 3.26. The lowest BCUT2D eigenvalue weighted by Gasteiger charge is -2.15. The summed E-state index contributed by atoms with van der Waals surface area (Å²) in [5.74, 6) is 0. The molecule has 1 aliphatic rings. The van der Waals surface area contributed by atoms with Gasteiger partial charge in [0.05, 0.1) is 6.10 Å². The van der Waals surface area contributed by atoms with Gasteiger partial charge in [-0.05, 0) is 19.9 Å². The molecule has 1 rings (SSSR count). The molecule has 4 heteroatoms. The Bertz CT molecular complexity index is 143. The first-order valence-electron chi connectivity index (χ1n) is 4.27. The molecule has 0 aromatic rings. The molecule has 0 saturated carbocycles. The van der Waals surface area contributed by atoms with Crippen molar-refractivity contribution in [3.8, 4) is 0 Å². The molecule has 1 aliphatic heterocycles. The van der Waals surface area contributed by atoms with E-state index in [-0.39, 0.29) is 6.10 Å². The van der Waals surface area contributed by atoms with E-state index in [1.165, 1.54) is 0 Å². The second-order valence-electron chi connectivity index (χ2n) is 3.26. The van der Waals surface area contributed by atoms with E-state index in [9.17, 15) is 8.78 Å². The molecule has 2 unspecified atom stereocenters. The van der Waals surface area contributed by atoms with E-state index in [4.69, 9.17) is 0 Å². The maximum absolute atomic E-state index is 11.8. The van der Waals surface area contributed by atoms with Crippen LogP contribution in [-0.2, 0) is 4.74 Å². The number of likely N-dealkylation sites (N-methyl/N-ethyl adjacent to an activating group) is 1. The SMILES string of the molecule is CCC1CC(OC(F)F)CN1C. The highest BCUT2D eigenvalue weighted by atomic mass is 19.3. The smallest absolute Gasteiger partial charge is 0.318 e. The number of halogens is 2. The van der Waals surface area contributed by atoms with Crippen LogP contribution in [0.2, 0.25) is 0 Å². The second kappa shape index (κ2) is 4.14. The van der Waals surface area contributed by atoms with Crippen LogP contribution in [-0.4, -0.2) is 37.2 Å². The van der Waals surface area contributed by atoms with E-state index in [0.717, 1.165) is 12.8 Å². The van der Waals surface area contributed by atoms with Gasteiger partial charge in [-0.3, -0.25) is 0 Å². The van der Waals surface area contributed by atoms with Crippen LogP contribution >= 0.6 is 0 Å². The van der Waals surface area contributed by atoms with Gasteiger partial charge in [-0.2, -0.15) is 8.78 Å². The quantitative estimate of drug-likeness (QED) is 0.654. The summed E-state index contributed by atoms with van der Waals surface area (Å²) in [5.41, 5.74) is 0. The van der Waals surface area contributed by atoms with Gasteiger partial charge in [0.15, 0.2) is 0 Å². The lowest BCUT2D eigenvalue weighted by molar-refractivity contribution is -0.158. The van der Waals surface area contributed by atoms with Gasteiger partial charge in [-0.25, -0.2) is 0 Å². The van der Waals surface area contributed by atoms with Crippen LogP contribution < -0.4 is 0 Å². The van der Waals surface area contributed by atoms with Crippen LogP contribution in [0.5, 0.6) is 0 Å². The fourth-order valence-corrected chi connectivity index (χ4v) is 1.75. The third-order valence-electron chi connectivity index (χ3n) is 2.42. The van der Waals surface area contributed by atoms with Crippen LogP contribution in [0.4, 0.5) is 8.78 Å². The standard InChI is InChI=1S/C8H15F2NO/c1-3-6-4-7(5-11(6)2)12-8(9)10/h6-8H,3-5H2,1-2H3. The number of hydrogen-bond acceptors (Lipinski definition) is 2. The molecule has 2 atom stereocenters. The fourth-order valence-electron chi connectivity index (χ4n) is 1.75. The number of likely N-dealkylation sites (tertiary alicyclic amines) is 1. The molecule has 0 N–H and O–H groups in total. The molecule has 0 aromatic carbocycles. The Hall–Kier alpha value is -0.220. The van der Waals surface area contributed by atoms with E-state index in [2.05, 4.69) is 16.6 Å². The highest BCUT2D eigenvalue weighted by Crippen LogP contribution is 2.22. The van der Waals surface area contributed by atoms with Crippen molar-refractivity contribution in [1.29, 1.82) is 0 Å². The molecular weight excluding hydrogens is 164 g/mol. The molecular formula is C8H15F2NO. The van der Waals surface area contributed by atoms with Crippen LogP contribution in [0.1, 0.15) is 19.8 Å². The summed E-state index contributed by atoms with van der Waals surface area (Å²) in [6.07, 6.45) is 1.46. The largest absolute Gasteiger partial charge is 0.345 e. The lowest BCUT2D eigenvalue weighted by atomic mass is 10.1. The molecule has 12 heavy (non-hydrogen) atoms. The molecule has 1 fully saturated rings. The molecule has 2 nitrogen and oxygen atoms in total. The molecule has 0 spiro atoms. The van der Waals surface area contributed by atoms with Gasteiger partial charge in [-0.15, -0.1) is 0 Å². The van der Waals surface area contributed by atoms with Gasteiger partial charge in [0, 0.05) is 12.6 Å². The maximum Gasteiger partial charge on any atom is 0.345 e. The zero-order valence-corrected chi connectivity index (χ0v) is 7.46. The van der Waals surface area contributed by atoms with Crippen molar-refractivity contribution >= 4 is 0 Å². The minimum absolute atomic E-state index is 0.278. The first kappa shape index (κ1) is 9.86. The molecule has 0 aliphatic carbocycles. The maximum atomic E-state index is 11.8. The highest BCUT2D eigenvalue weighted by Gasteiger charge is 2.30. The Morgan fingerprint density at radius 3 is 2.67 bits per heavy atom. The first-order chi connectivity index (χ1) is 5.63. The summed E-state index contributed by atoms with van der Waals surface area (Å²) in [5, 5.41) is 0. The van der Waals surface area contributed by atoms with Crippen molar-refractivity contribution in [2.75, 3.05) is 13.6 Å². The number of alkyl halides is 2. The van der Waals surface area contributed by atoms with Gasteiger partial charge in [0.2, 0.25) is 0 Å². The van der Waals surface area contributed by atoms with Gasteiger partial charge >= 0.3 is 6.61 Å². The van der Waals surface area contributed by atoms with Crippen molar-refractivity contribution in [1.82, 2.24) is 4.90 Å². The first-order valence-corrected chi connectivity index (χ1v) is 4.27. The summed E-state index contributed by atoms with van der Waals surface area (Å²) < 4.78 is 28.0. The van der Waals surface area contributed by atoms with E-state index in [1.807, 2.05) is 7.05 Å². The Morgan fingerprint density at radius 2 is 2.25 bits per heavy atom. The Labute approximate surface area is 71.5 Å². The summed E-state index contributed by atoms with van der Waals surface area (Å²) in [6.45, 7) is 0.0633. The van der Waals surface area contributed by atoms with Crippen molar-refractivity contribution < 1.29 is 13.5 Å². The monoisotopic (exact) mass is 179 g/mol. The molecule has 0 aromatic heterocycles. The number of ether oxygens (including phenoxy) is 1. The van der Waals surface area contributed by atoms with Gasteiger partial charge in [0.25, 0.3) is 0 Å². The minimum atomic E-state index is -2.63. The van der Waals surface area contributed by atoms with Crippen LogP contribution in [0.15, 0.2) is 0 Å². The third kappa shape index (κ3) is 2.38. The lowest BCUT2D eigenvalue weighted by Crippen LogP contribution is -2.24. The normalized spacial score (nSPS) is 31.8. The van der Waals surface area contributed by atoms with Gasteiger partial charge < -0.3 is 9.64 Å². The summed E-state index contributed by atoms with van der Waals surface area (Å²) >= 11 is 0. The molecule has 0 amide bonds. The number of hydrogen-bond donors (Lipinski definition) is 0. The molecule has 1 heterocycles. The zero-order valence-electron chi connectivity index (χ0n) is 7.46. The third-order valence-corrected chi connectivity index (χ3v) is 2.42. The van der Waals surface area contributed by atoms with E-state index < -0.39 is 6.61 Å². The molecule has 0 radical (unpaired) electrons. The Kier molecular flexibility index (Phi) is 3.40. The highest BCUT2D eigenvalue weighted by molar-refractivity contribution is 4.82. The van der Waals surface area contributed by atoms with Crippen LogP contribution in [0.3, 0.4) is 0 Å². The number of rotatable bonds is 3. The molecule has 1 saturated heterocycles. The van der Waals surface area contributed by atoms with E-state index in [1.54, 1.807) is 0 Å². The average Bonchev–Trinajstić information content (AvgIpc) is 2.29. The predicted octanol–water partition coefficient (Wildman–Crippen LogP) is 1.71. The Morgan fingerprint density at radius 1 is 1.58 bits per heavy atom. The van der Waals surface area contributed by atoms with Crippen molar-refractivity contribution in [3.63, 3.8) is 0 Å². The number of nitrogens with zero attached hydrogens (tertiary/aromatic N) is 1. The van der Waals surface area contributed by atoms with Crippen LogP contribution in [0, 0.1) is 0 Å².